The molecule has 22 heavy (non-hydrogen) atoms. The molecule has 0 spiro atoms. The number of ether oxygens (including phenoxy) is 1. The first-order chi connectivity index (χ1) is 10.4. The summed E-state index contributed by atoms with van der Waals surface area (Å²) in [6, 6.07) is 0. The zero-order chi connectivity index (χ0) is 15.8. The fourth-order valence-corrected chi connectivity index (χ4v) is 4.88. The molecule has 2 saturated heterocycles. The number of thiazole rings is 1. The third-order valence-corrected chi connectivity index (χ3v) is 7.09. The van der Waals surface area contributed by atoms with Crippen LogP contribution in [0.25, 0.3) is 0 Å². The summed E-state index contributed by atoms with van der Waals surface area (Å²) in [5.74, 6) is 0.526. The fraction of sp³-hybridized carbons (Fsp3) is 0.786. The Hall–Kier alpha value is -0.540. The van der Waals surface area contributed by atoms with E-state index < -0.39 is 10.0 Å². The van der Waals surface area contributed by atoms with Crippen LogP contribution in [-0.2, 0) is 21.3 Å². The van der Waals surface area contributed by atoms with Gasteiger partial charge in [-0.3, -0.25) is 4.90 Å². The highest BCUT2D eigenvalue weighted by atomic mass is 32.2. The average Bonchev–Trinajstić information content (AvgIpc) is 3.12. The van der Waals surface area contributed by atoms with Gasteiger partial charge in [-0.15, -0.1) is 11.3 Å². The Morgan fingerprint density at radius 1 is 1.59 bits per heavy atom. The number of hydrogen-bond donors (Lipinski definition) is 1. The monoisotopic (exact) mass is 345 g/mol. The van der Waals surface area contributed by atoms with Crippen LogP contribution in [0.4, 0.5) is 0 Å². The van der Waals surface area contributed by atoms with E-state index in [1.165, 1.54) is 4.88 Å². The second-order valence-corrected chi connectivity index (χ2v) is 9.36. The lowest BCUT2D eigenvalue weighted by Gasteiger charge is -2.27. The zero-order valence-corrected chi connectivity index (χ0v) is 14.7. The molecule has 1 aromatic heterocycles. The molecule has 6 nitrogen and oxygen atoms in total. The molecule has 2 aliphatic rings. The smallest absolute Gasteiger partial charge is 0.211 e. The van der Waals surface area contributed by atoms with Gasteiger partial charge < -0.3 is 4.74 Å². The largest absolute Gasteiger partial charge is 0.380 e. The van der Waals surface area contributed by atoms with Gasteiger partial charge in [-0.25, -0.2) is 18.1 Å². The van der Waals surface area contributed by atoms with Crippen molar-refractivity contribution < 1.29 is 13.2 Å². The summed E-state index contributed by atoms with van der Waals surface area (Å²) in [7, 11) is -3.16. The van der Waals surface area contributed by atoms with Gasteiger partial charge in [0.1, 0.15) is 0 Å². The van der Waals surface area contributed by atoms with Crippen molar-refractivity contribution >= 4 is 21.4 Å². The maximum atomic E-state index is 11.8. The van der Waals surface area contributed by atoms with Crippen molar-refractivity contribution in [2.45, 2.75) is 20.4 Å². The van der Waals surface area contributed by atoms with Crippen molar-refractivity contribution in [3.05, 3.63) is 16.1 Å². The minimum Gasteiger partial charge on any atom is -0.380 e. The molecule has 8 heteroatoms. The molecule has 2 atom stereocenters. The number of aromatic nitrogens is 1. The van der Waals surface area contributed by atoms with E-state index in [1.54, 1.807) is 18.3 Å². The van der Waals surface area contributed by atoms with Gasteiger partial charge in [-0.1, -0.05) is 0 Å². The second-order valence-electron chi connectivity index (χ2n) is 6.33. The Kier molecular flexibility index (Phi) is 4.57. The standard InChI is InChI=1S/C14H23N3O3S2/c1-3-22(18,19)16-7-14-8-17(4-12(14)6-20-9-14)5-13-11(2)15-10-21-13/h10,12,16H,3-9H2,1-2H3/t12-,14+/m1/s1. The van der Waals surface area contributed by atoms with E-state index in [4.69, 9.17) is 4.74 Å². The van der Waals surface area contributed by atoms with E-state index >= 15 is 0 Å². The predicted molar refractivity (Wildman–Crippen MR) is 86.3 cm³/mol. The van der Waals surface area contributed by atoms with E-state index in [9.17, 15) is 8.42 Å². The van der Waals surface area contributed by atoms with E-state index in [1.807, 2.05) is 12.4 Å². The summed E-state index contributed by atoms with van der Waals surface area (Å²) in [5, 5.41) is 0. The lowest BCUT2D eigenvalue weighted by Crippen LogP contribution is -2.43. The molecular formula is C14H23N3O3S2. The van der Waals surface area contributed by atoms with Crippen molar-refractivity contribution in [3.63, 3.8) is 0 Å². The number of nitrogens with zero attached hydrogens (tertiary/aromatic N) is 2. The molecule has 124 valence electrons. The highest BCUT2D eigenvalue weighted by Gasteiger charge is 2.50. The summed E-state index contributed by atoms with van der Waals surface area (Å²) < 4.78 is 31.9. The fourth-order valence-electron chi connectivity index (χ4n) is 3.35. The van der Waals surface area contributed by atoms with Crippen LogP contribution in [0.3, 0.4) is 0 Å². The zero-order valence-electron chi connectivity index (χ0n) is 13.0. The van der Waals surface area contributed by atoms with Gasteiger partial charge in [0, 0.05) is 42.4 Å². The van der Waals surface area contributed by atoms with Crippen LogP contribution in [0.15, 0.2) is 5.51 Å². The van der Waals surface area contributed by atoms with Crippen LogP contribution in [0.5, 0.6) is 0 Å². The quantitative estimate of drug-likeness (QED) is 0.827. The number of fused-ring (bicyclic) bond motifs is 1. The molecule has 0 bridgehead atoms. The Morgan fingerprint density at radius 3 is 3.09 bits per heavy atom. The number of rotatable bonds is 6. The molecule has 3 rings (SSSR count). The molecule has 3 heterocycles. The Morgan fingerprint density at radius 2 is 2.41 bits per heavy atom. The first-order valence-electron chi connectivity index (χ1n) is 7.60. The molecule has 1 aromatic rings. The lowest BCUT2D eigenvalue weighted by molar-refractivity contribution is 0.128. The van der Waals surface area contributed by atoms with Crippen LogP contribution < -0.4 is 4.72 Å². The molecular weight excluding hydrogens is 322 g/mol. The average molecular weight is 345 g/mol. The van der Waals surface area contributed by atoms with Crippen LogP contribution in [0.2, 0.25) is 0 Å². The summed E-state index contributed by atoms with van der Waals surface area (Å²) in [4.78, 5) is 8.01. The number of aryl methyl sites for hydroxylation is 1. The Labute approximate surface area is 135 Å². The SMILES string of the molecule is CCS(=O)(=O)NC[C@]12COC[C@H]1CN(Cc1scnc1C)C2. The van der Waals surface area contributed by atoms with Crippen molar-refractivity contribution in [2.24, 2.45) is 11.3 Å². The molecule has 1 N–H and O–H groups in total. The van der Waals surface area contributed by atoms with Crippen LogP contribution in [-0.4, -0.2) is 56.9 Å². The van der Waals surface area contributed by atoms with Crippen molar-refractivity contribution in [1.29, 1.82) is 0 Å². The van der Waals surface area contributed by atoms with Gasteiger partial charge in [-0.2, -0.15) is 0 Å². The molecule has 2 aliphatic heterocycles. The summed E-state index contributed by atoms with van der Waals surface area (Å²) in [6.45, 7) is 8.29. The predicted octanol–water partition coefficient (Wildman–Crippen LogP) is 0.839. The van der Waals surface area contributed by atoms with E-state index in [2.05, 4.69) is 14.6 Å². The number of nitrogens with one attached hydrogen (secondary N) is 1. The van der Waals surface area contributed by atoms with Crippen molar-refractivity contribution in [2.75, 3.05) is 38.6 Å². The molecule has 0 amide bonds. The number of hydrogen-bond acceptors (Lipinski definition) is 6. The number of likely N-dealkylation sites (tertiary alicyclic amines) is 1. The summed E-state index contributed by atoms with van der Waals surface area (Å²) in [5.41, 5.74) is 2.90. The molecule has 0 radical (unpaired) electrons. The van der Waals surface area contributed by atoms with Crippen LogP contribution in [0.1, 0.15) is 17.5 Å². The Balaban J connectivity index is 1.67. The third kappa shape index (κ3) is 3.21. The van der Waals surface area contributed by atoms with Crippen molar-refractivity contribution in [3.8, 4) is 0 Å². The third-order valence-electron chi connectivity index (χ3n) is 4.83. The molecule has 2 fully saturated rings. The summed E-state index contributed by atoms with van der Waals surface area (Å²) >= 11 is 1.69. The molecule has 0 aromatic carbocycles. The van der Waals surface area contributed by atoms with Crippen LogP contribution >= 0.6 is 11.3 Å². The van der Waals surface area contributed by atoms with E-state index in [0.29, 0.717) is 19.1 Å². The van der Waals surface area contributed by atoms with Crippen molar-refractivity contribution in [1.82, 2.24) is 14.6 Å². The van der Waals surface area contributed by atoms with Gasteiger partial charge in [-0.05, 0) is 13.8 Å². The summed E-state index contributed by atoms with van der Waals surface area (Å²) in [6.07, 6.45) is 0. The topological polar surface area (TPSA) is 71.5 Å². The van der Waals surface area contributed by atoms with E-state index in [-0.39, 0.29) is 11.2 Å². The molecule has 0 unspecified atom stereocenters. The van der Waals surface area contributed by atoms with Crippen LogP contribution in [0, 0.1) is 18.3 Å². The minimum atomic E-state index is -3.16. The van der Waals surface area contributed by atoms with Gasteiger partial charge in [0.15, 0.2) is 0 Å². The normalized spacial score (nSPS) is 29.1. The molecule has 0 aliphatic carbocycles. The molecule has 0 saturated carbocycles. The first kappa shape index (κ1) is 16.3. The van der Waals surface area contributed by atoms with Gasteiger partial charge in [0.25, 0.3) is 0 Å². The number of sulfonamides is 1. The van der Waals surface area contributed by atoms with E-state index in [0.717, 1.165) is 31.9 Å². The lowest BCUT2D eigenvalue weighted by atomic mass is 9.81. The minimum absolute atomic E-state index is 0.0825. The highest BCUT2D eigenvalue weighted by Crippen LogP contribution is 2.41. The second kappa shape index (κ2) is 6.16. The van der Waals surface area contributed by atoms with Gasteiger partial charge in [0.2, 0.25) is 10.0 Å². The Bertz CT molecular complexity index is 631. The van der Waals surface area contributed by atoms with Gasteiger partial charge >= 0.3 is 0 Å². The maximum absolute atomic E-state index is 11.8. The highest BCUT2D eigenvalue weighted by molar-refractivity contribution is 7.89. The maximum Gasteiger partial charge on any atom is 0.211 e. The first-order valence-corrected chi connectivity index (χ1v) is 10.1. The van der Waals surface area contributed by atoms with Gasteiger partial charge in [0.05, 0.1) is 30.2 Å².